The Kier molecular flexibility index (Phi) is 5.14. The van der Waals surface area contributed by atoms with Gasteiger partial charge in [-0.1, -0.05) is 30.3 Å². The second-order valence-corrected chi connectivity index (χ2v) is 9.70. The standard InChI is InChI=1S/C21H21F3N2O3S/c1-30(28,29)25-13-9-10-26(12-13)20(27)16-11-21(16,24)15-6-3-2-5-14(15)19-17(22)7-4-8-18(19)23/h2-8,13,16,25H,9-12H2,1H3/t13-,16?,21?/m0/s1. The minimum Gasteiger partial charge on any atom is -0.341 e. The third kappa shape index (κ3) is 3.83. The maximum absolute atomic E-state index is 15.8. The predicted molar refractivity (Wildman–Crippen MR) is 106 cm³/mol. The van der Waals surface area contributed by atoms with E-state index in [1.807, 2.05) is 0 Å². The number of alkyl halides is 1. The summed E-state index contributed by atoms with van der Waals surface area (Å²) in [4.78, 5) is 14.3. The Balaban J connectivity index is 1.57. The lowest BCUT2D eigenvalue weighted by molar-refractivity contribution is -0.132. The van der Waals surface area contributed by atoms with Gasteiger partial charge in [0.05, 0.1) is 17.7 Å². The molecule has 1 N–H and O–H groups in total. The molecule has 2 aliphatic rings. The van der Waals surface area contributed by atoms with Crippen LogP contribution in [0.2, 0.25) is 0 Å². The van der Waals surface area contributed by atoms with Crippen molar-refractivity contribution in [2.45, 2.75) is 24.6 Å². The first-order valence-corrected chi connectivity index (χ1v) is 11.5. The molecule has 9 heteroatoms. The second kappa shape index (κ2) is 7.39. The topological polar surface area (TPSA) is 66.5 Å². The lowest BCUT2D eigenvalue weighted by Gasteiger charge is -2.19. The Bertz CT molecular complexity index is 1090. The van der Waals surface area contributed by atoms with Crippen molar-refractivity contribution in [1.82, 2.24) is 9.62 Å². The molecule has 1 saturated carbocycles. The van der Waals surface area contributed by atoms with Crippen LogP contribution in [0.3, 0.4) is 0 Å². The van der Waals surface area contributed by atoms with Gasteiger partial charge in [-0.3, -0.25) is 4.79 Å². The molecule has 3 atom stereocenters. The molecule has 2 fully saturated rings. The van der Waals surface area contributed by atoms with E-state index in [9.17, 15) is 22.0 Å². The van der Waals surface area contributed by atoms with Crippen LogP contribution in [0.25, 0.3) is 11.1 Å². The molecule has 30 heavy (non-hydrogen) atoms. The number of rotatable bonds is 5. The summed E-state index contributed by atoms with van der Waals surface area (Å²) in [5.74, 6) is -2.99. The predicted octanol–water partition coefficient (Wildman–Crippen LogP) is 2.97. The monoisotopic (exact) mass is 438 g/mol. The fraction of sp³-hybridized carbons (Fsp3) is 0.381. The highest BCUT2D eigenvalue weighted by molar-refractivity contribution is 7.88. The van der Waals surface area contributed by atoms with E-state index in [0.717, 1.165) is 18.4 Å². The number of sulfonamides is 1. The maximum Gasteiger partial charge on any atom is 0.229 e. The van der Waals surface area contributed by atoms with Crippen molar-refractivity contribution in [2.75, 3.05) is 19.3 Å². The van der Waals surface area contributed by atoms with Gasteiger partial charge in [0.1, 0.15) is 17.3 Å². The molecule has 2 aromatic carbocycles. The highest BCUT2D eigenvalue weighted by Gasteiger charge is 2.62. The molecule has 0 aromatic heterocycles. The first kappa shape index (κ1) is 20.9. The molecule has 1 saturated heterocycles. The molecule has 2 unspecified atom stereocenters. The number of nitrogens with one attached hydrogen (secondary N) is 1. The Labute approximate surface area is 172 Å². The molecule has 1 aliphatic heterocycles. The lowest BCUT2D eigenvalue weighted by atomic mass is 9.93. The largest absolute Gasteiger partial charge is 0.341 e. The fourth-order valence-electron chi connectivity index (χ4n) is 4.22. The molecule has 0 spiro atoms. The quantitative estimate of drug-likeness (QED) is 0.781. The summed E-state index contributed by atoms with van der Waals surface area (Å²) in [6, 6.07) is 9.07. The van der Waals surface area contributed by atoms with Crippen molar-refractivity contribution in [3.05, 3.63) is 59.7 Å². The summed E-state index contributed by atoms with van der Waals surface area (Å²) in [6.07, 6.45) is 1.41. The van der Waals surface area contributed by atoms with Gasteiger partial charge in [-0.2, -0.15) is 0 Å². The van der Waals surface area contributed by atoms with Crippen LogP contribution in [0.4, 0.5) is 13.2 Å². The number of hydrogen-bond donors (Lipinski definition) is 1. The van der Waals surface area contributed by atoms with Gasteiger partial charge in [0.2, 0.25) is 15.9 Å². The Morgan fingerprint density at radius 3 is 2.47 bits per heavy atom. The van der Waals surface area contributed by atoms with E-state index in [2.05, 4.69) is 4.72 Å². The van der Waals surface area contributed by atoms with E-state index < -0.39 is 45.2 Å². The first-order chi connectivity index (χ1) is 14.1. The van der Waals surface area contributed by atoms with Crippen LogP contribution in [0.15, 0.2) is 42.5 Å². The number of hydrogen-bond acceptors (Lipinski definition) is 3. The maximum atomic E-state index is 15.8. The zero-order valence-corrected chi connectivity index (χ0v) is 17.1. The molecular weight excluding hydrogens is 417 g/mol. The molecule has 0 radical (unpaired) electrons. The van der Waals surface area contributed by atoms with E-state index in [1.54, 1.807) is 12.1 Å². The van der Waals surface area contributed by atoms with E-state index in [4.69, 9.17) is 0 Å². The number of carbonyl (C=O) groups is 1. The van der Waals surface area contributed by atoms with E-state index in [-0.39, 0.29) is 29.7 Å². The van der Waals surface area contributed by atoms with Crippen LogP contribution in [0.1, 0.15) is 18.4 Å². The van der Waals surface area contributed by atoms with Gasteiger partial charge in [-0.15, -0.1) is 0 Å². The third-order valence-corrected chi connectivity index (χ3v) is 6.44. The van der Waals surface area contributed by atoms with Gasteiger partial charge >= 0.3 is 0 Å². The molecular formula is C21H21F3N2O3S. The molecule has 5 nitrogen and oxygen atoms in total. The Morgan fingerprint density at radius 2 is 1.80 bits per heavy atom. The number of carbonyl (C=O) groups excluding carboxylic acids is 1. The number of likely N-dealkylation sites (tertiary alicyclic amines) is 1. The van der Waals surface area contributed by atoms with Crippen LogP contribution in [0.5, 0.6) is 0 Å². The van der Waals surface area contributed by atoms with Gasteiger partial charge in [0.15, 0.2) is 0 Å². The van der Waals surface area contributed by atoms with Crippen molar-refractivity contribution in [3.8, 4) is 11.1 Å². The smallest absolute Gasteiger partial charge is 0.229 e. The number of benzene rings is 2. The number of halogens is 3. The zero-order valence-electron chi connectivity index (χ0n) is 16.2. The van der Waals surface area contributed by atoms with Crippen molar-refractivity contribution in [1.29, 1.82) is 0 Å². The van der Waals surface area contributed by atoms with Crippen LogP contribution >= 0.6 is 0 Å². The normalized spacial score (nSPS) is 26.1. The van der Waals surface area contributed by atoms with Gasteiger partial charge in [-0.05, 0) is 29.7 Å². The van der Waals surface area contributed by atoms with Crippen LogP contribution in [-0.2, 0) is 20.5 Å². The van der Waals surface area contributed by atoms with Crippen molar-refractivity contribution in [2.24, 2.45) is 5.92 Å². The average molecular weight is 438 g/mol. The van der Waals surface area contributed by atoms with Gasteiger partial charge in [-0.25, -0.2) is 26.3 Å². The minimum absolute atomic E-state index is 0.0809. The van der Waals surface area contributed by atoms with Gasteiger partial charge < -0.3 is 4.90 Å². The van der Waals surface area contributed by atoms with E-state index in [0.29, 0.717) is 13.0 Å². The Hall–Kier alpha value is -2.39. The SMILES string of the molecule is CS(=O)(=O)N[C@H]1CCN(C(=O)C2CC2(F)c2ccccc2-c2c(F)cccc2F)C1. The lowest BCUT2D eigenvalue weighted by Crippen LogP contribution is -2.38. The van der Waals surface area contributed by atoms with Crippen LogP contribution in [-0.4, -0.2) is 44.6 Å². The molecule has 0 bridgehead atoms. The highest BCUT2D eigenvalue weighted by atomic mass is 32.2. The summed E-state index contributed by atoms with van der Waals surface area (Å²) in [7, 11) is -3.40. The molecule has 1 heterocycles. The molecule has 1 amide bonds. The summed E-state index contributed by atoms with van der Waals surface area (Å²) in [5, 5.41) is 0. The summed E-state index contributed by atoms with van der Waals surface area (Å²) in [6.45, 7) is 0.490. The first-order valence-electron chi connectivity index (χ1n) is 9.59. The molecule has 1 aliphatic carbocycles. The fourth-order valence-corrected chi connectivity index (χ4v) is 5.02. The number of amides is 1. The third-order valence-electron chi connectivity index (χ3n) is 5.68. The Morgan fingerprint density at radius 1 is 1.13 bits per heavy atom. The van der Waals surface area contributed by atoms with Gasteiger partial charge in [0.25, 0.3) is 0 Å². The minimum atomic E-state index is -3.40. The highest BCUT2D eigenvalue weighted by Crippen LogP contribution is 2.58. The summed E-state index contributed by atoms with van der Waals surface area (Å²) < 4.78 is 69.6. The molecule has 160 valence electrons. The average Bonchev–Trinajstić information content (AvgIpc) is 3.15. The van der Waals surface area contributed by atoms with Crippen molar-refractivity contribution >= 4 is 15.9 Å². The van der Waals surface area contributed by atoms with Crippen molar-refractivity contribution in [3.63, 3.8) is 0 Å². The number of nitrogens with zero attached hydrogens (tertiary/aromatic N) is 1. The molecule has 4 rings (SSSR count). The van der Waals surface area contributed by atoms with Crippen LogP contribution < -0.4 is 4.72 Å². The molecule has 2 aromatic rings. The zero-order chi connectivity index (χ0) is 21.7. The summed E-state index contributed by atoms with van der Waals surface area (Å²) in [5.41, 5.74) is -2.17. The van der Waals surface area contributed by atoms with Crippen molar-refractivity contribution < 1.29 is 26.4 Å². The van der Waals surface area contributed by atoms with E-state index in [1.165, 1.54) is 23.1 Å². The van der Waals surface area contributed by atoms with Crippen LogP contribution in [0, 0.1) is 17.6 Å². The summed E-state index contributed by atoms with van der Waals surface area (Å²) >= 11 is 0. The second-order valence-electron chi connectivity index (χ2n) is 7.92. The van der Waals surface area contributed by atoms with E-state index >= 15 is 4.39 Å². The van der Waals surface area contributed by atoms with Gasteiger partial charge in [0, 0.05) is 25.6 Å².